The van der Waals surface area contributed by atoms with E-state index in [9.17, 15) is 4.79 Å². The van der Waals surface area contributed by atoms with Gasteiger partial charge in [0.05, 0.1) is 5.69 Å². The van der Waals surface area contributed by atoms with Gasteiger partial charge < -0.3 is 20.9 Å². The van der Waals surface area contributed by atoms with Gasteiger partial charge >= 0.3 is 0 Å². The maximum Gasteiger partial charge on any atom is 0.257 e. The third-order valence-electron chi connectivity index (χ3n) is 4.60. The highest BCUT2D eigenvalue weighted by Gasteiger charge is 2.32. The van der Waals surface area contributed by atoms with Gasteiger partial charge in [0.1, 0.15) is 5.56 Å². The van der Waals surface area contributed by atoms with Crippen LogP contribution in [0.1, 0.15) is 16.1 Å². The second-order valence-electron chi connectivity index (χ2n) is 5.98. The van der Waals surface area contributed by atoms with Gasteiger partial charge in [-0.2, -0.15) is 4.79 Å². The van der Waals surface area contributed by atoms with Crippen LogP contribution in [0.4, 0.5) is 5.82 Å². The normalized spacial score (nSPS) is 22.5. The molecule has 4 heterocycles. The van der Waals surface area contributed by atoms with Crippen molar-refractivity contribution < 1.29 is 4.79 Å². The number of rotatable bonds is 2. The van der Waals surface area contributed by atoms with Gasteiger partial charge in [0.2, 0.25) is 0 Å². The molecule has 0 aromatic carbocycles. The topological polar surface area (TPSA) is 77.5 Å². The number of amides is 1. The summed E-state index contributed by atoms with van der Waals surface area (Å²) in [5.74, 6) is 0.878. The van der Waals surface area contributed by atoms with Crippen molar-refractivity contribution in [3.05, 3.63) is 11.3 Å². The van der Waals surface area contributed by atoms with Crippen LogP contribution in [-0.2, 0) is 6.42 Å². The third kappa shape index (κ3) is 2.32. The van der Waals surface area contributed by atoms with Crippen molar-refractivity contribution in [1.29, 1.82) is 0 Å². The van der Waals surface area contributed by atoms with Gasteiger partial charge in [-0.1, -0.05) is 0 Å². The van der Waals surface area contributed by atoms with Crippen LogP contribution in [0.3, 0.4) is 0 Å². The average Bonchev–Trinajstić information content (AvgIpc) is 2.98. The van der Waals surface area contributed by atoms with E-state index in [0.29, 0.717) is 6.54 Å². The van der Waals surface area contributed by atoms with Crippen LogP contribution >= 0.6 is 0 Å². The number of aromatic nitrogens is 2. The third-order valence-corrected chi connectivity index (χ3v) is 4.60. The summed E-state index contributed by atoms with van der Waals surface area (Å²) in [4.78, 5) is 16.6. The number of nitrogens with one attached hydrogen (secondary N) is 3. The summed E-state index contributed by atoms with van der Waals surface area (Å²) >= 11 is 0. The SMILES string of the molecule is O=C1NCCc2c1c(N1CCNCC1)nn2N1CCNCC1. The average molecular weight is 305 g/mol. The van der Waals surface area contributed by atoms with Crippen LogP contribution in [0, 0.1) is 0 Å². The Balaban J connectivity index is 1.73. The van der Waals surface area contributed by atoms with Crippen molar-refractivity contribution in [2.45, 2.75) is 6.42 Å². The molecule has 4 rings (SSSR count). The maximum atomic E-state index is 12.4. The van der Waals surface area contributed by atoms with E-state index in [1.807, 2.05) is 4.79 Å². The number of carbonyl (C=O) groups is 1. The summed E-state index contributed by atoms with van der Waals surface area (Å²) in [6.45, 7) is 8.16. The van der Waals surface area contributed by atoms with Crippen LogP contribution in [0.15, 0.2) is 0 Å². The number of hydrogen-bond donors (Lipinski definition) is 3. The van der Waals surface area contributed by atoms with Crippen molar-refractivity contribution in [3.63, 3.8) is 0 Å². The van der Waals surface area contributed by atoms with E-state index in [1.54, 1.807) is 0 Å². The minimum absolute atomic E-state index is 0.0242. The first-order valence-corrected chi connectivity index (χ1v) is 8.16. The van der Waals surface area contributed by atoms with Crippen LogP contribution in [-0.4, -0.2) is 74.7 Å². The summed E-state index contributed by atoms with van der Waals surface area (Å²) in [5.41, 5.74) is 1.85. The molecule has 1 aromatic heterocycles. The van der Waals surface area contributed by atoms with E-state index >= 15 is 0 Å². The summed E-state index contributed by atoms with van der Waals surface area (Å²) in [5, 5.41) is 16.8. The number of fused-ring (bicyclic) bond motifs is 1. The Kier molecular flexibility index (Phi) is 3.63. The highest BCUT2D eigenvalue weighted by molar-refractivity contribution is 6.01. The molecule has 0 atom stereocenters. The van der Waals surface area contributed by atoms with E-state index in [0.717, 1.165) is 75.9 Å². The molecule has 0 unspecified atom stereocenters. The van der Waals surface area contributed by atoms with Crippen molar-refractivity contribution >= 4 is 11.7 Å². The zero-order valence-corrected chi connectivity index (χ0v) is 12.8. The monoisotopic (exact) mass is 305 g/mol. The molecule has 1 aromatic rings. The molecule has 8 heteroatoms. The Hall–Kier alpha value is -1.80. The highest BCUT2D eigenvalue weighted by Crippen LogP contribution is 2.26. The fraction of sp³-hybridized carbons (Fsp3) is 0.714. The highest BCUT2D eigenvalue weighted by atomic mass is 16.1. The van der Waals surface area contributed by atoms with E-state index < -0.39 is 0 Å². The predicted octanol–water partition coefficient (Wildman–Crippen LogP) is -1.88. The van der Waals surface area contributed by atoms with Crippen molar-refractivity contribution in [3.8, 4) is 0 Å². The summed E-state index contributed by atoms with van der Waals surface area (Å²) in [6.07, 6.45) is 0.851. The second kappa shape index (κ2) is 5.77. The number of hydrogen-bond acceptors (Lipinski definition) is 6. The lowest BCUT2D eigenvalue weighted by molar-refractivity contribution is 0.0945. The number of carbonyl (C=O) groups excluding carboxylic acids is 1. The first-order valence-electron chi connectivity index (χ1n) is 8.16. The molecule has 3 N–H and O–H groups in total. The van der Waals surface area contributed by atoms with Gasteiger partial charge in [-0.3, -0.25) is 9.80 Å². The van der Waals surface area contributed by atoms with Gasteiger partial charge in [0.25, 0.3) is 5.91 Å². The fourth-order valence-corrected chi connectivity index (χ4v) is 3.44. The first-order chi connectivity index (χ1) is 10.8. The molecule has 3 aliphatic heterocycles. The first kappa shape index (κ1) is 13.8. The summed E-state index contributed by atoms with van der Waals surface area (Å²) < 4.78 is 0. The van der Waals surface area contributed by atoms with Crippen LogP contribution in [0.5, 0.6) is 0 Å². The molecule has 8 nitrogen and oxygen atoms in total. The molecule has 1 amide bonds. The zero-order chi connectivity index (χ0) is 14.9. The standard InChI is InChI=1S/C14H23N7O/c22-14-12-11(1-2-17-14)21(20-9-5-16-6-10-20)18-13(12)19-7-3-15-4-8-19/h15-16H,1-10H2,(H,17,22). The molecule has 0 saturated carbocycles. The van der Waals surface area contributed by atoms with Gasteiger partial charge in [0.15, 0.2) is 5.82 Å². The maximum absolute atomic E-state index is 12.4. The summed E-state index contributed by atoms with van der Waals surface area (Å²) in [6, 6.07) is 0. The van der Waals surface area contributed by atoms with Gasteiger partial charge in [-0.25, -0.2) is 0 Å². The minimum Gasteiger partial charge on any atom is -0.352 e. The quantitative estimate of drug-likeness (QED) is 0.594. The lowest BCUT2D eigenvalue weighted by Gasteiger charge is -2.31. The molecule has 3 aliphatic rings. The number of anilines is 1. The predicted molar refractivity (Wildman–Crippen MR) is 84.2 cm³/mol. The van der Waals surface area contributed by atoms with Gasteiger partial charge in [-0.15, -0.1) is 5.10 Å². The molecule has 0 aliphatic carbocycles. The Morgan fingerprint density at radius 1 is 0.909 bits per heavy atom. The minimum atomic E-state index is 0.0242. The van der Waals surface area contributed by atoms with E-state index in [2.05, 4.69) is 25.9 Å². The van der Waals surface area contributed by atoms with Crippen molar-refractivity contribution in [2.75, 3.05) is 68.8 Å². The molecule has 120 valence electrons. The lowest BCUT2D eigenvalue weighted by Crippen LogP contribution is -2.50. The Labute approximate surface area is 129 Å². The van der Waals surface area contributed by atoms with E-state index in [1.165, 1.54) is 0 Å². The molecule has 2 fully saturated rings. The molecule has 0 spiro atoms. The Morgan fingerprint density at radius 2 is 1.59 bits per heavy atom. The van der Waals surface area contributed by atoms with Crippen molar-refractivity contribution in [1.82, 2.24) is 25.8 Å². The molecular weight excluding hydrogens is 282 g/mol. The largest absolute Gasteiger partial charge is 0.352 e. The van der Waals surface area contributed by atoms with Gasteiger partial charge in [-0.05, 0) is 0 Å². The summed E-state index contributed by atoms with van der Waals surface area (Å²) in [7, 11) is 0. The van der Waals surface area contributed by atoms with Crippen LogP contribution in [0.2, 0.25) is 0 Å². The van der Waals surface area contributed by atoms with E-state index in [4.69, 9.17) is 5.10 Å². The Morgan fingerprint density at radius 3 is 2.32 bits per heavy atom. The molecular formula is C14H23N7O. The molecule has 2 saturated heterocycles. The number of piperazine rings is 2. The van der Waals surface area contributed by atoms with Gasteiger partial charge in [0, 0.05) is 65.3 Å². The van der Waals surface area contributed by atoms with Crippen LogP contribution < -0.4 is 25.9 Å². The molecule has 0 bridgehead atoms. The molecule has 0 radical (unpaired) electrons. The van der Waals surface area contributed by atoms with E-state index in [-0.39, 0.29) is 5.91 Å². The molecule has 22 heavy (non-hydrogen) atoms. The van der Waals surface area contributed by atoms with Crippen molar-refractivity contribution in [2.24, 2.45) is 0 Å². The lowest BCUT2D eigenvalue weighted by atomic mass is 10.1. The van der Waals surface area contributed by atoms with Crippen LogP contribution in [0.25, 0.3) is 0 Å². The zero-order valence-electron chi connectivity index (χ0n) is 12.8. The fourth-order valence-electron chi connectivity index (χ4n) is 3.44. The Bertz CT molecular complexity index is 558. The number of nitrogens with zero attached hydrogens (tertiary/aromatic N) is 4. The second-order valence-corrected chi connectivity index (χ2v) is 5.98. The smallest absolute Gasteiger partial charge is 0.257 e.